The summed E-state index contributed by atoms with van der Waals surface area (Å²) in [6.45, 7) is 4.68. The average molecular weight is 373 g/mol. The van der Waals surface area contributed by atoms with Crippen LogP contribution >= 0.6 is 11.8 Å². The molecule has 0 N–H and O–H groups in total. The number of hydrogen-bond donors (Lipinski definition) is 0. The topological polar surface area (TPSA) is 68.5 Å². The summed E-state index contributed by atoms with van der Waals surface area (Å²) in [4.78, 5) is 20.4. The monoisotopic (exact) mass is 373 g/mol. The molecule has 1 spiro atoms. The van der Waals surface area contributed by atoms with Crippen LogP contribution in [-0.4, -0.2) is 53.0 Å². The maximum Gasteiger partial charge on any atom is 0.232 e. The van der Waals surface area contributed by atoms with Gasteiger partial charge in [0.15, 0.2) is 5.82 Å². The Kier molecular flexibility index (Phi) is 5.00. The number of aryl methyl sites for hydroxylation is 1. The molecule has 3 heterocycles. The maximum atomic E-state index is 12.8. The van der Waals surface area contributed by atoms with Crippen LogP contribution in [0.1, 0.15) is 30.5 Å². The largest absolute Gasteiger partial charge is 0.381 e. The van der Waals surface area contributed by atoms with E-state index in [4.69, 9.17) is 9.26 Å². The molecule has 2 fully saturated rings. The SMILES string of the molecule is Cc1noc([C@@H]2CN(C(=O)CSc3ccccc3)CC23CCOCC3)n1. The number of rotatable bonds is 4. The molecule has 6 nitrogen and oxygen atoms in total. The highest BCUT2D eigenvalue weighted by molar-refractivity contribution is 8.00. The van der Waals surface area contributed by atoms with E-state index in [-0.39, 0.29) is 17.2 Å². The predicted molar refractivity (Wildman–Crippen MR) is 98.0 cm³/mol. The van der Waals surface area contributed by atoms with Crippen LogP contribution in [0, 0.1) is 12.3 Å². The first-order chi connectivity index (χ1) is 12.7. The molecule has 0 saturated carbocycles. The highest BCUT2D eigenvalue weighted by Crippen LogP contribution is 2.49. The zero-order valence-corrected chi connectivity index (χ0v) is 15.7. The van der Waals surface area contributed by atoms with Crippen molar-refractivity contribution < 1.29 is 14.1 Å². The van der Waals surface area contributed by atoms with E-state index in [9.17, 15) is 4.79 Å². The Morgan fingerprint density at radius 1 is 1.31 bits per heavy atom. The zero-order valence-electron chi connectivity index (χ0n) is 14.9. The van der Waals surface area contributed by atoms with Crippen LogP contribution in [0.5, 0.6) is 0 Å². The van der Waals surface area contributed by atoms with Crippen LogP contribution in [0.4, 0.5) is 0 Å². The van der Waals surface area contributed by atoms with Gasteiger partial charge in [-0.05, 0) is 31.9 Å². The van der Waals surface area contributed by atoms with Crippen molar-refractivity contribution >= 4 is 17.7 Å². The Morgan fingerprint density at radius 3 is 2.77 bits per heavy atom. The lowest BCUT2D eigenvalue weighted by molar-refractivity contribution is -0.128. The summed E-state index contributed by atoms with van der Waals surface area (Å²) in [5.74, 6) is 2.02. The standard InChI is InChI=1S/C19H23N3O3S/c1-14-20-18(25-21-14)16-11-22(13-19(16)7-9-24-10-8-19)17(23)12-26-15-5-3-2-4-6-15/h2-6,16H,7-13H2,1H3/t16-/m0/s1. The third kappa shape index (κ3) is 3.50. The molecule has 26 heavy (non-hydrogen) atoms. The molecule has 2 aliphatic heterocycles. The van der Waals surface area contributed by atoms with Crippen molar-refractivity contribution in [3.05, 3.63) is 42.0 Å². The van der Waals surface area contributed by atoms with Gasteiger partial charge in [-0.3, -0.25) is 4.79 Å². The Labute approximate surface area is 157 Å². The number of amides is 1. The third-order valence-corrected chi connectivity index (χ3v) is 6.43. The molecule has 0 radical (unpaired) electrons. The van der Waals surface area contributed by atoms with E-state index >= 15 is 0 Å². The van der Waals surface area contributed by atoms with Gasteiger partial charge < -0.3 is 14.2 Å². The Bertz CT molecular complexity index is 758. The lowest BCUT2D eigenvalue weighted by atomic mass is 9.72. The van der Waals surface area contributed by atoms with E-state index in [1.54, 1.807) is 11.8 Å². The quantitative estimate of drug-likeness (QED) is 0.768. The molecule has 4 rings (SSSR count). The molecule has 0 aliphatic carbocycles. The van der Waals surface area contributed by atoms with Crippen molar-refractivity contribution in [3.63, 3.8) is 0 Å². The summed E-state index contributed by atoms with van der Waals surface area (Å²) < 4.78 is 11.1. The van der Waals surface area contributed by atoms with Gasteiger partial charge in [0.25, 0.3) is 0 Å². The number of carbonyl (C=O) groups excluding carboxylic acids is 1. The van der Waals surface area contributed by atoms with Gasteiger partial charge in [0.1, 0.15) is 0 Å². The number of ether oxygens (including phenoxy) is 1. The molecule has 0 bridgehead atoms. The molecule has 2 aliphatic rings. The fraction of sp³-hybridized carbons (Fsp3) is 0.526. The minimum atomic E-state index is -0.00963. The van der Waals surface area contributed by atoms with Crippen molar-refractivity contribution in [1.29, 1.82) is 0 Å². The Balaban J connectivity index is 1.48. The fourth-order valence-electron chi connectivity index (χ4n) is 3.99. The Morgan fingerprint density at radius 2 is 2.08 bits per heavy atom. The number of thioether (sulfide) groups is 1. The molecule has 7 heteroatoms. The maximum absolute atomic E-state index is 12.8. The molecular formula is C19H23N3O3S. The van der Waals surface area contributed by atoms with Crippen LogP contribution in [0.2, 0.25) is 0 Å². The smallest absolute Gasteiger partial charge is 0.232 e. The van der Waals surface area contributed by atoms with Crippen LogP contribution < -0.4 is 0 Å². The molecule has 0 unspecified atom stereocenters. The van der Waals surface area contributed by atoms with Gasteiger partial charge >= 0.3 is 0 Å². The first kappa shape index (κ1) is 17.5. The van der Waals surface area contributed by atoms with Crippen LogP contribution in [0.3, 0.4) is 0 Å². The second-order valence-corrected chi connectivity index (χ2v) is 8.13. The molecule has 1 aromatic heterocycles. The minimum absolute atomic E-state index is 0.00963. The number of hydrogen-bond acceptors (Lipinski definition) is 6. The van der Waals surface area contributed by atoms with Gasteiger partial charge in [0.05, 0.1) is 11.7 Å². The van der Waals surface area contributed by atoms with E-state index in [1.807, 2.05) is 42.2 Å². The number of likely N-dealkylation sites (tertiary alicyclic amines) is 1. The van der Waals surface area contributed by atoms with Crippen molar-refractivity contribution in [3.8, 4) is 0 Å². The molecule has 2 aromatic rings. The zero-order chi connectivity index (χ0) is 18.0. The minimum Gasteiger partial charge on any atom is -0.381 e. The van der Waals surface area contributed by atoms with E-state index in [0.29, 0.717) is 24.0 Å². The highest BCUT2D eigenvalue weighted by Gasteiger charge is 2.51. The van der Waals surface area contributed by atoms with Gasteiger partial charge in [-0.15, -0.1) is 11.8 Å². The molecule has 2 saturated heterocycles. The van der Waals surface area contributed by atoms with Crippen molar-refractivity contribution in [2.24, 2.45) is 5.41 Å². The normalized spacial score (nSPS) is 22.0. The summed E-state index contributed by atoms with van der Waals surface area (Å²) in [6.07, 6.45) is 1.85. The van der Waals surface area contributed by atoms with Gasteiger partial charge in [-0.25, -0.2) is 0 Å². The summed E-state index contributed by atoms with van der Waals surface area (Å²) >= 11 is 1.58. The second kappa shape index (κ2) is 7.40. The fourth-order valence-corrected chi connectivity index (χ4v) is 4.81. The van der Waals surface area contributed by atoms with E-state index < -0.39 is 0 Å². The molecule has 138 valence electrons. The van der Waals surface area contributed by atoms with Gasteiger partial charge in [-0.1, -0.05) is 23.4 Å². The van der Waals surface area contributed by atoms with Crippen molar-refractivity contribution in [1.82, 2.24) is 15.0 Å². The summed E-state index contributed by atoms with van der Waals surface area (Å²) in [5, 5.41) is 3.96. The van der Waals surface area contributed by atoms with Gasteiger partial charge in [0, 0.05) is 36.6 Å². The van der Waals surface area contributed by atoms with Gasteiger partial charge in [-0.2, -0.15) is 4.98 Å². The average Bonchev–Trinajstić information content (AvgIpc) is 3.25. The van der Waals surface area contributed by atoms with Crippen LogP contribution in [-0.2, 0) is 9.53 Å². The molecular weight excluding hydrogens is 350 g/mol. The Hall–Kier alpha value is -1.86. The third-order valence-electron chi connectivity index (χ3n) is 5.44. The lowest BCUT2D eigenvalue weighted by Crippen LogP contribution is -2.37. The first-order valence-corrected chi connectivity index (χ1v) is 9.98. The lowest BCUT2D eigenvalue weighted by Gasteiger charge is -2.36. The molecule has 1 amide bonds. The van der Waals surface area contributed by atoms with E-state index in [1.165, 1.54) is 0 Å². The molecule has 1 atom stereocenters. The summed E-state index contributed by atoms with van der Waals surface area (Å²) in [6, 6.07) is 10.0. The van der Waals surface area contributed by atoms with Crippen molar-refractivity contribution in [2.75, 3.05) is 32.1 Å². The predicted octanol–water partition coefficient (Wildman–Crippen LogP) is 2.89. The number of aromatic nitrogens is 2. The summed E-state index contributed by atoms with van der Waals surface area (Å²) in [5.41, 5.74) is -0.00963. The van der Waals surface area contributed by atoms with E-state index in [2.05, 4.69) is 10.1 Å². The number of nitrogens with zero attached hydrogens (tertiary/aromatic N) is 3. The van der Waals surface area contributed by atoms with E-state index in [0.717, 1.165) is 37.5 Å². The van der Waals surface area contributed by atoms with Crippen LogP contribution in [0.25, 0.3) is 0 Å². The first-order valence-electron chi connectivity index (χ1n) is 9.00. The highest BCUT2D eigenvalue weighted by atomic mass is 32.2. The summed E-state index contributed by atoms with van der Waals surface area (Å²) in [7, 11) is 0. The molecule has 1 aromatic carbocycles. The second-order valence-electron chi connectivity index (χ2n) is 7.08. The number of benzene rings is 1. The van der Waals surface area contributed by atoms with Crippen molar-refractivity contribution in [2.45, 2.75) is 30.6 Å². The van der Waals surface area contributed by atoms with Crippen LogP contribution in [0.15, 0.2) is 39.8 Å². The van der Waals surface area contributed by atoms with Gasteiger partial charge in [0.2, 0.25) is 11.8 Å². The number of carbonyl (C=O) groups is 1.